The summed E-state index contributed by atoms with van der Waals surface area (Å²) in [5.41, 5.74) is 1.82. The summed E-state index contributed by atoms with van der Waals surface area (Å²) in [7, 11) is 0. The van der Waals surface area contributed by atoms with Crippen molar-refractivity contribution in [1.29, 1.82) is 0 Å². The molecule has 2 aromatic rings. The molecule has 2 aromatic carbocycles. The monoisotopic (exact) mass is 216 g/mol. The van der Waals surface area contributed by atoms with Gasteiger partial charge in [0, 0.05) is 5.56 Å². The van der Waals surface area contributed by atoms with Crippen LogP contribution < -0.4 is 0 Å². The molecule has 0 atom stereocenters. The minimum atomic E-state index is -0.320. The van der Waals surface area contributed by atoms with Gasteiger partial charge in [0.2, 0.25) is 0 Å². The van der Waals surface area contributed by atoms with Crippen LogP contribution in [-0.2, 0) is 0 Å². The van der Waals surface area contributed by atoms with Gasteiger partial charge in [-0.3, -0.25) is 4.79 Å². The third kappa shape index (κ3) is 2.08. The van der Waals surface area contributed by atoms with E-state index in [1.807, 2.05) is 0 Å². The van der Waals surface area contributed by atoms with Crippen molar-refractivity contribution < 1.29 is 14.3 Å². The van der Waals surface area contributed by atoms with Gasteiger partial charge in [-0.1, -0.05) is 12.1 Å². The molecule has 80 valence electrons. The Labute approximate surface area is 92.0 Å². The van der Waals surface area contributed by atoms with Crippen LogP contribution in [0.3, 0.4) is 0 Å². The van der Waals surface area contributed by atoms with E-state index in [9.17, 15) is 14.3 Å². The molecule has 0 aromatic heterocycles. The number of rotatable bonds is 2. The van der Waals surface area contributed by atoms with Crippen LogP contribution in [0.15, 0.2) is 42.5 Å². The first kappa shape index (κ1) is 10.4. The van der Waals surface area contributed by atoms with Crippen LogP contribution in [0.2, 0.25) is 0 Å². The quantitative estimate of drug-likeness (QED) is 0.783. The largest absolute Gasteiger partial charge is 0.508 e. The third-order valence-corrected chi connectivity index (χ3v) is 2.25. The van der Waals surface area contributed by atoms with Gasteiger partial charge in [-0.05, 0) is 41.5 Å². The molecule has 2 rings (SSSR count). The molecule has 0 aliphatic carbocycles. The van der Waals surface area contributed by atoms with Gasteiger partial charge in [0.25, 0.3) is 0 Å². The molecular formula is C13H9FO2. The number of hydrogen-bond acceptors (Lipinski definition) is 2. The number of aromatic hydroxyl groups is 1. The molecular weight excluding hydrogens is 207 g/mol. The maximum absolute atomic E-state index is 12.7. The normalized spacial score (nSPS) is 10.1. The summed E-state index contributed by atoms with van der Waals surface area (Å²) in [5.74, 6) is -0.302. The summed E-state index contributed by atoms with van der Waals surface area (Å²) in [6, 6.07) is 10.4. The minimum Gasteiger partial charge on any atom is -0.508 e. The molecule has 0 spiro atoms. The van der Waals surface area contributed by atoms with Gasteiger partial charge in [-0.2, -0.15) is 0 Å². The zero-order valence-corrected chi connectivity index (χ0v) is 8.35. The van der Waals surface area contributed by atoms with Gasteiger partial charge in [0.1, 0.15) is 17.9 Å². The second-order valence-corrected chi connectivity index (χ2v) is 3.44. The first-order valence-corrected chi connectivity index (χ1v) is 4.74. The van der Waals surface area contributed by atoms with E-state index in [4.69, 9.17) is 0 Å². The number of hydrogen-bond donors (Lipinski definition) is 1. The molecule has 0 heterocycles. The molecule has 2 nitrogen and oxygen atoms in total. The molecule has 0 aliphatic rings. The lowest BCUT2D eigenvalue weighted by atomic mass is 10.0. The summed E-state index contributed by atoms with van der Waals surface area (Å²) in [5, 5.41) is 9.41. The van der Waals surface area contributed by atoms with E-state index in [1.54, 1.807) is 18.2 Å². The molecule has 0 radical (unpaired) electrons. The van der Waals surface area contributed by atoms with Crippen molar-refractivity contribution in [3.8, 4) is 16.9 Å². The maximum atomic E-state index is 12.7. The van der Waals surface area contributed by atoms with Crippen LogP contribution in [0.4, 0.5) is 4.39 Å². The van der Waals surface area contributed by atoms with Crippen LogP contribution in [0.1, 0.15) is 10.4 Å². The van der Waals surface area contributed by atoms with Crippen molar-refractivity contribution in [2.75, 3.05) is 0 Å². The SMILES string of the molecule is O=Cc1cc(O)cc(-c2ccc(F)cc2)c1. The van der Waals surface area contributed by atoms with Crippen LogP contribution in [0.5, 0.6) is 5.75 Å². The Balaban J connectivity index is 2.51. The number of aldehydes is 1. The molecule has 0 bridgehead atoms. The van der Waals surface area contributed by atoms with Crippen LogP contribution in [0, 0.1) is 5.82 Å². The smallest absolute Gasteiger partial charge is 0.150 e. The van der Waals surface area contributed by atoms with E-state index in [0.717, 1.165) is 5.56 Å². The van der Waals surface area contributed by atoms with Crippen LogP contribution in [-0.4, -0.2) is 11.4 Å². The zero-order valence-electron chi connectivity index (χ0n) is 8.35. The third-order valence-electron chi connectivity index (χ3n) is 2.25. The summed E-state index contributed by atoms with van der Waals surface area (Å²) >= 11 is 0. The second kappa shape index (κ2) is 4.14. The highest BCUT2D eigenvalue weighted by Gasteiger charge is 2.02. The number of phenolic OH excluding ortho intramolecular Hbond substituents is 1. The molecule has 16 heavy (non-hydrogen) atoms. The maximum Gasteiger partial charge on any atom is 0.150 e. The summed E-state index contributed by atoms with van der Waals surface area (Å²) in [4.78, 5) is 10.6. The number of halogens is 1. The lowest BCUT2D eigenvalue weighted by Gasteiger charge is -2.03. The predicted molar refractivity (Wildman–Crippen MR) is 58.9 cm³/mol. The summed E-state index contributed by atoms with van der Waals surface area (Å²) in [6.45, 7) is 0. The number of carbonyl (C=O) groups excluding carboxylic acids is 1. The first-order chi connectivity index (χ1) is 7.69. The molecule has 0 aliphatic heterocycles. The fourth-order valence-corrected chi connectivity index (χ4v) is 1.51. The van der Waals surface area contributed by atoms with Crippen molar-refractivity contribution >= 4 is 6.29 Å². The highest BCUT2D eigenvalue weighted by Crippen LogP contribution is 2.25. The Bertz CT molecular complexity index is 518. The molecule has 0 fully saturated rings. The lowest BCUT2D eigenvalue weighted by molar-refractivity contribution is 0.112. The molecule has 0 amide bonds. The van der Waals surface area contributed by atoms with Gasteiger partial charge < -0.3 is 5.11 Å². The van der Waals surface area contributed by atoms with Gasteiger partial charge in [-0.25, -0.2) is 4.39 Å². The van der Waals surface area contributed by atoms with Gasteiger partial charge in [0.05, 0.1) is 0 Å². The minimum absolute atomic E-state index is 0.0175. The van der Waals surface area contributed by atoms with E-state index in [2.05, 4.69) is 0 Å². The Hall–Kier alpha value is -2.16. The fraction of sp³-hybridized carbons (Fsp3) is 0. The van der Waals surface area contributed by atoms with Gasteiger partial charge >= 0.3 is 0 Å². The number of phenols is 1. The molecule has 0 saturated heterocycles. The van der Waals surface area contributed by atoms with E-state index in [-0.39, 0.29) is 11.6 Å². The lowest BCUT2D eigenvalue weighted by Crippen LogP contribution is -1.84. The highest BCUT2D eigenvalue weighted by atomic mass is 19.1. The van der Waals surface area contributed by atoms with Gasteiger partial charge in [0.15, 0.2) is 0 Å². The number of benzene rings is 2. The molecule has 1 N–H and O–H groups in total. The molecule has 0 unspecified atom stereocenters. The fourth-order valence-electron chi connectivity index (χ4n) is 1.51. The van der Waals surface area contributed by atoms with Crippen molar-refractivity contribution in [3.05, 3.63) is 53.8 Å². The van der Waals surface area contributed by atoms with E-state index in [0.29, 0.717) is 17.4 Å². The predicted octanol–water partition coefficient (Wildman–Crippen LogP) is 3.01. The Morgan fingerprint density at radius 1 is 1.00 bits per heavy atom. The van der Waals surface area contributed by atoms with Crippen molar-refractivity contribution in [1.82, 2.24) is 0 Å². The molecule has 3 heteroatoms. The van der Waals surface area contributed by atoms with Crippen LogP contribution in [0.25, 0.3) is 11.1 Å². The summed E-state index contributed by atoms with van der Waals surface area (Å²) < 4.78 is 12.7. The Kier molecular flexibility index (Phi) is 2.68. The van der Waals surface area contributed by atoms with E-state index < -0.39 is 0 Å². The second-order valence-electron chi connectivity index (χ2n) is 3.44. The topological polar surface area (TPSA) is 37.3 Å². The highest BCUT2D eigenvalue weighted by molar-refractivity contribution is 5.80. The van der Waals surface area contributed by atoms with E-state index >= 15 is 0 Å². The van der Waals surface area contributed by atoms with E-state index in [1.165, 1.54) is 24.3 Å². The standard InChI is InChI=1S/C13H9FO2/c14-12-3-1-10(2-4-12)11-5-9(8-15)6-13(16)7-11/h1-8,16H. The zero-order chi connectivity index (χ0) is 11.5. The average Bonchev–Trinajstić information content (AvgIpc) is 2.29. The average molecular weight is 216 g/mol. The van der Waals surface area contributed by atoms with Crippen LogP contribution >= 0.6 is 0 Å². The van der Waals surface area contributed by atoms with Crippen molar-refractivity contribution in [2.24, 2.45) is 0 Å². The summed E-state index contributed by atoms with van der Waals surface area (Å²) in [6.07, 6.45) is 0.659. The first-order valence-electron chi connectivity index (χ1n) is 4.74. The van der Waals surface area contributed by atoms with Gasteiger partial charge in [-0.15, -0.1) is 0 Å². The van der Waals surface area contributed by atoms with Crippen molar-refractivity contribution in [3.63, 3.8) is 0 Å². The number of carbonyl (C=O) groups is 1. The Morgan fingerprint density at radius 2 is 1.69 bits per heavy atom. The Morgan fingerprint density at radius 3 is 2.31 bits per heavy atom. The van der Waals surface area contributed by atoms with Crippen molar-refractivity contribution in [2.45, 2.75) is 0 Å². The molecule has 0 saturated carbocycles.